The molecule has 0 aromatic heterocycles. The van der Waals surface area contributed by atoms with Gasteiger partial charge in [-0.2, -0.15) is 0 Å². The maximum atomic E-state index is 12.9. The predicted octanol–water partition coefficient (Wildman–Crippen LogP) is 4.36. The van der Waals surface area contributed by atoms with Crippen molar-refractivity contribution in [2.75, 3.05) is 0 Å². The molecule has 27 heavy (non-hydrogen) atoms. The number of carboxylic acid groups (broad SMARTS) is 1. The minimum Gasteiger partial charge on any atom is -0.481 e. The number of carboxylic acids is 1. The van der Waals surface area contributed by atoms with E-state index in [1.54, 1.807) is 0 Å². The molecular weight excluding hydrogens is 340 g/mol. The minimum absolute atomic E-state index is 0.0187. The number of carbonyl (C=O) groups excluding carboxylic acids is 1. The van der Waals surface area contributed by atoms with Crippen molar-refractivity contribution in [3.8, 4) is 11.8 Å². The summed E-state index contributed by atoms with van der Waals surface area (Å²) in [6, 6.07) is 0. The number of rotatable bonds is 10. The van der Waals surface area contributed by atoms with Crippen molar-refractivity contribution in [2.45, 2.75) is 84.7 Å². The van der Waals surface area contributed by atoms with E-state index < -0.39 is 12.1 Å². The second-order valence-electron chi connectivity index (χ2n) is 9.02. The highest BCUT2D eigenvalue weighted by Gasteiger charge is 2.47. The van der Waals surface area contributed by atoms with Gasteiger partial charge in [-0.15, -0.1) is 11.8 Å². The van der Waals surface area contributed by atoms with E-state index in [2.05, 4.69) is 31.8 Å². The molecule has 1 saturated carbocycles. The summed E-state index contributed by atoms with van der Waals surface area (Å²) in [6.07, 6.45) is 8.12. The maximum absolute atomic E-state index is 12.9. The normalized spacial score (nSPS) is 26.9. The Morgan fingerprint density at radius 1 is 1.26 bits per heavy atom. The van der Waals surface area contributed by atoms with Gasteiger partial charge in [0.25, 0.3) is 0 Å². The Kier molecular flexibility index (Phi) is 7.68. The smallest absolute Gasteiger partial charge is 0.303 e. The maximum Gasteiger partial charge on any atom is 0.303 e. The van der Waals surface area contributed by atoms with Gasteiger partial charge < -0.3 is 10.2 Å². The fraction of sp³-hybridized carbons (Fsp3) is 0.739. The van der Waals surface area contributed by atoms with Gasteiger partial charge >= 0.3 is 5.97 Å². The van der Waals surface area contributed by atoms with Crippen molar-refractivity contribution in [1.29, 1.82) is 0 Å². The first-order valence-corrected chi connectivity index (χ1v) is 10.3. The molecule has 0 aromatic rings. The highest BCUT2D eigenvalue weighted by molar-refractivity contribution is 5.82. The van der Waals surface area contributed by atoms with Crippen LogP contribution in [0.5, 0.6) is 0 Å². The first-order chi connectivity index (χ1) is 12.7. The Bertz CT molecular complexity index is 634. The van der Waals surface area contributed by atoms with Crippen LogP contribution in [0, 0.1) is 35.0 Å². The van der Waals surface area contributed by atoms with Gasteiger partial charge in [0.1, 0.15) is 5.78 Å². The number of aliphatic carboxylic acids is 1. The molecule has 0 radical (unpaired) electrons. The van der Waals surface area contributed by atoms with Crippen molar-refractivity contribution in [3.63, 3.8) is 0 Å². The van der Waals surface area contributed by atoms with Crippen LogP contribution in [0.3, 0.4) is 0 Å². The molecule has 0 amide bonds. The van der Waals surface area contributed by atoms with Gasteiger partial charge in [0.2, 0.25) is 0 Å². The van der Waals surface area contributed by atoms with Crippen LogP contribution in [0.15, 0.2) is 11.6 Å². The third-order valence-electron chi connectivity index (χ3n) is 6.19. The molecule has 0 aromatic carbocycles. The van der Waals surface area contributed by atoms with Crippen LogP contribution in [0.4, 0.5) is 0 Å². The molecule has 1 fully saturated rings. The van der Waals surface area contributed by atoms with Crippen LogP contribution < -0.4 is 0 Å². The number of aliphatic hydroxyl groups excluding tert-OH is 1. The summed E-state index contributed by atoms with van der Waals surface area (Å²) in [4.78, 5) is 23.5. The van der Waals surface area contributed by atoms with Crippen LogP contribution in [0.25, 0.3) is 0 Å². The first-order valence-electron chi connectivity index (χ1n) is 10.3. The standard InChI is InChI=1S/C23H34O4/c1-4-5-11-23(2,3)12-10-19(24)22-18-14-16(8-6-7-9-21(26)27)13-17(18)15-20(22)25/h13,17-18,20,22,25H,6-12,14-15H2,1-3H3,(H,26,27)/t17-,18-,20+,22-/m1/s1. The molecule has 0 bridgehead atoms. The molecule has 0 unspecified atom stereocenters. The minimum atomic E-state index is -0.742. The van der Waals surface area contributed by atoms with Gasteiger partial charge in [-0.05, 0) is 62.7 Å². The van der Waals surface area contributed by atoms with Gasteiger partial charge in [0, 0.05) is 25.2 Å². The Balaban J connectivity index is 1.85. The molecule has 0 saturated heterocycles. The lowest BCUT2D eigenvalue weighted by Gasteiger charge is -2.25. The summed E-state index contributed by atoms with van der Waals surface area (Å²) in [5.74, 6) is 5.79. The lowest BCUT2D eigenvalue weighted by molar-refractivity contribution is -0.137. The molecule has 0 aliphatic heterocycles. The number of Topliss-reactive ketones (excluding diaryl/α,β-unsaturated/α-hetero) is 1. The molecule has 150 valence electrons. The number of ketones is 1. The summed E-state index contributed by atoms with van der Waals surface area (Å²) >= 11 is 0. The molecule has 4 atom stereocenters. The fourth-order valence-electron chi connectivity index (χ4n) is 4.61. The number of aliphatic hydroxyl groups is 1. The first kappa shape index (κ1) is 21.7. The lowest BCUT2D eigenvalue weighted by Crippen LogP contribution is -2.29. The van der Waals surface area contributed by atoms with E-state index >= 15 is 0 Å². The molecule has 0 spiro atoms. The predicted molar refractivity (Wildman–Crippen MR) is 106 cm³/mol. The largest absolute Gasteiger partial charge is 0.481 e. The number of allylic oxidation sites excluding steroid dienone is 2. The molecule has 4 heteroatoms. The summed E-state index contributed by atoms with van der Waals surface area (Å²) in [5, 5.41) is 19.2. The number of hydrogen-bond donors (Lipinski definition) is 2. The van der Waals surface area contributed by atoms with Gasteiger partial charge in [-0.3, -0.25) is 9.59 Å². The van der Waals surface area contributed by atoms with E-state index in [1.165, 1.54) is 5.57 Å². The number of carbonyl (C=O) groups is 2. The van der Waals surface area contributed by atoms with Crippen LogP contribution in [0.2, 0.25) is 0 Å². The third kappa shape index (κ3) is 6.21. The highest BCUT2D eigenvalue weighted by atomic mass is 16.4. The quantitative estimate of drug-likeness (QED) is 0.338. The monoisotopic (exact) mass is 374 g/mol. The SMILES string of the molecule is CC#CCC(C)(C)CCC(=O)[C@H]1[C@@H]2CC(CCCCC(=O)O)=C[C@@H]2C[C@@H]1O. The molecule has 0 heterocycles. The van der Waals surface area contributed by atoms with Crippen LogP contribution in [-0.4, -0.2) is 28.1 Å². The summed E-state index contributed by atoms with van der Waals surface area (Å²) in [7, 11) is 0. The average molecular weight is 375 g/mol. The van der Waals surface area contributed by atoms with Crippen LogP contribution >= 0.6 is 0 Å². The van der Waals surface area contributed by atoms with Crippen molar-refractivity contribution in [1.82, 2.24) is 0 Å². The second kappa shape index (κ2) is 9.55. The Labute approximate surface area is 163 Å². The lowest BCUT2D eigenvalue weighted by atomic mass is 9.79. The number of unbranched alkanes of at least 4 members (excludes halogenated alkanes) is 1. The van der Waals surface area contributed by atoms with Crippen molar-refractivity contribution >= 4 is 11.8 Å². The zero-order valence-electron chi connectivity index (χ0n) is 17.0. The summed E-state index contributed by atoms with van der Waals surface area (Å²) in [5.41, 5.74) is 1.36. The Hall–Kier alpha value is -1.60. The van der Waals surface area contributed by atoms with E-state index in [4.69, 9.17) is 5.11 Å². The van der Waals surface area contributed by atoms with Crippen LogP contribution in [0.1, 0.15) is 78.6 Å². The van der Waals surface area contributed by atoms with Gasteiger partial charge in [-0.25, -0.2) is 0 Å². The zero-order valence-corrected chi connectivity index (χ0v) is 17.0. The topological polar surface area (TPSA) is 74.6 Å². The molecular formula is C23H34O4. The molecule has 4 nitrogen and oxygen atoms in total. The van der Waals surface area contributed by atoms with E-state index in [0.29, 0.717) is 25.2 Å². The summed E-state index contributed by atoms with van der Waals surface area (Å²) in [6.45, 7) is 6.12. The fourth-order valence-corrected chi connectivity index (χ4v) is 4.61. The molecule has 2 N–H and O–H groups in total. The second-order valence-corrected chi connectivity index (χ2v) is 9.02. The summed E-state index contributed by atoms with van der Waals surface area (Å²) < 4.78 is 0. The Morgan fingerprint density at radius 3 is 2.67 bits per heavy atom. The highest BCUT2D eigenvalue weighted by Crippen LogP contribution is 2.48. The zero-order chi connectivity index (χ0) is 20.0. The van der Waals surface area contributed by atoms with Crippen molar-refractivity contribution < 1.29 is 19.8 Å². The van der Waals surface area contributed by atoms with Gasteiger partial charge in [0.05, 0.1) is 6.10 Å². The van der Waals surface area contributed by atoms with E-state index in [-0.39, 0.29) is 29.5 Å². The van der Waals surface area contributed by atoms with Gasteiger partial charge in [-0.1, -0.05) is 25.5 Å². The molecule has 2 rings (SSSR count). The van der Waals surface area contributed by atoms with Gasteiger partial charge in [0.15, 0.2) is 0 Å². The van der Waals surface area contributed by atoms with E-state index in [0.717, 1.165) is 32.1 Å². The average Bonchev–Trinajstić information content (AvgIpc) is 3.10. The van der Waals surface area contributed by atoms with Crippen molar-refractivity contribution in [2.24, 2.45) is 23.2 Å². The Morgan fingerprint density at radius 2 is 2.00 bits per heavy atom. The number of hydrogen-bond acceptors (Lipinski definition) is 3. The van der Waals surface area contributed by atoms with E-state index in [9.17, 15) is 14.7 Å². The number of fused-ring (bicyclic) bond motifs is 1. The van der Waals surface area contributed by atoms with Crippen LogP contribution in [-0.2, 0) is 9.59 Å². The van der Waals surface area contributed by atoms with Crippen molar-refractivity contribution in [3.05, 3.63) is 11.6 Å². The molecule has 2 aliphatic carbocycles. The van der Waals surface area contributed by atoms with E-state index in [1.807, 2.05) is 6.92 Å². The molecule has 2 aliphatic rings. The third-order valence-corrected chi connectivity index (χ3v) is 6.19.